The van der Waals surface area contributed by atoms with Crippen LogP contribution in [0.15, 0.2) is 109 Å². The van der Waals surface area contributed by atoms with Crippen LogP contribution in [0.1, 0.15) is 42.0 Å². The van der Waals surface area contributed by atoms with Gasteiger partial charge in [0, 0.05) is 0 Å². The van der Waals surface area contributed by atoms with E-state index in [1.54, 1.807) is 23.3 Å². The van der Waals surface area contributed by atoms with E-state index in [0.717, 1.165) is 0 Å². The predicted octanol–water partition coefficient (Wildman–Crippen LogP) is 5.29. The molecule has 0 bridgehead atoms. The summed E-state index contributed by atoms with van der Waals surface area (Å²) in [6, 6.07) is 39.4. The van der Waals surface area contributed by atoms with E-state index in [9.17, 15) is 0 Å². The van der Waals surface area contributed by atoms with Gasteiger partial charge in [0.05, 0.1) is 0 Å². The smallest absolute Gasteiger partial charge is 0.0276 e. The molecule has 0 nitrogen and oxygen atoms in total. The Kier molecular flexibility index (Phi) is 14.2. The fraction of sp³-hybridized carbons (Fsp3) is 0.211. The Morgan fingerprint density at radius 1 is 0.643 bits per heavy atom. The van der Waals surface area contributed by atoms with Crippen molar-refractivity contribution in [3.05, 3.63) is 131 Å². The van der Waals surface area contributed by atoms with Gasteiger partial charge in [-0.2, -0.15) is 12.1 Å². The van der Waals surface area contributed by atoms with Crippen molar-refractivity contribution in [1.29, 1.82) is 0 Å². The third-order valence-electron chi connectivity index (χ3n) is 7.14. The number of aryl methyl sites for hydroxylation is 3. The number of benzene rings is 4. The van der Waals surface area contributed by atoms with Crippen LogP contribution in [0.2, 0.25) is 13.1 Å². The molecule has 0 aliphatic rings. The number of fused-ring (bicyclic) bond motifs is 2. The van der Waals surface area contributed by atoms with Gasteiger partial charge in [0.1, 0.15) is 0 Å². The third-order valence-corrected chi connectivity index (χ3v) is 7.14. The van der Waals surface area contributed by atoms with E-state index >= 15 is 0 Å². The molecule has 4 heteroatoms. The van der Waals surface area contributed by atoms with Crippen molar-refractivity contribution in [1.82, 2.24) is 0 Å². The summed E-state index contributed by atoms with van der Waals surface area (Å²) in [7, 11) is 0. The number of rotatable bonds is 3. The number of hydrogen-bond acceptors (Lipinski definition) is 0. The summed E-state index contributed by atoms with van der Waals surface area (Å²) in [5.74, 6) is 0.584. The zero-order valence-electron chi connectivity index (χ0n) is 25.7. The predicted molar refractivity (Wildman–Crippen MR) is 176 cm³/mol. The average Bonchev–Trinajstić information content (AvgIpc) is 3.54. The minimum Gasteiger partial charge on any atom is -1.00 e. The minimum atomic E-state index is 0. The van der Waals surface area contributed by atoms with Crippen LogP contribution >= 0.6 is 0 Å². The van der Waals surface area contributed by atoms with E-state index in [2.05, 4.69) is 157 Å². The molecule has 0 aliphatic heterocycles. The molecule has 42 heavy (non-hydrogen) atoms. The van der Waals surface area contributed by atoms with Gasteiger partial charge in [-0.15, -0.1) is 62.5 Å². The fourth-order valence-electron chi connectivity index (χ4n) is 5.32. The Hall–Kier alpha value is -2.22. The molecular weight excluding hydrogens is 647 g/mol. The van der Waals surface area contributed by atoms with Gasteiger partial charge in [-0.05, 0) is 24.0 Å². The van der Waals surface area contributed by atoms with Gasteiger partial charge in [0.15, 0.2) is 0 Å². The minimum absolute atomic E-state index is 0. The summed E-state index contributed by atoms with van der Waals surface area (Å²) < 4.78 is 0. The molecule has 0 N–H and O–H groups in total. The average molecular weight is 687 g/mol. The van der Waals surface area contributed by atoms with Crippen molar-refractivity contribution in [3.63, 3.8) is 0 Å². The van der Waals surface area contributed by atoms with Gasteiger partial charge < -0.3 is 24.8 Å². The van der Waals surface area contributed by atoms with E-state index < -0.39 is 0 Å². The van der Waals surface area contributed by atoms with Gasteiger partial charge in [-0.3, -0.25) is 0 Å². The molecule has 0 aromatic heterocycles. The van der Waals surface area contributed by atoms with Crippen LogP contribution in [-0.2, 0) is 23.3 Å². The molecule has 0 heterocycles. The molecule has 0 atom stereocenters. The molecular formula is C38H40Cl2SiZr-2. The molecule has 0 aliphatic carbocycles. The van der Waals surface area contributed by atoms with Crippen LogP contribution in [0, 0.1) is 20.8 Å². The zero-order chi connectivity index (χ0) is 28.8. The molecule has 0 saturated carbocycles. The van der Waals surface area contributed by atoms with E-state index in [1.165, 1.54) is 66.1 Å². The van der Waals surface area contributed by atoms with Crippen LogP contribution in [0.4, 0.5) is 0 Å². The standard InChI is InChI=1S/2C18H17.C2H6Si.2ClH.Zr/c1-12-9-16-13(2)11-14(3)18(17(16)10-12)15-7-5-4-6-8-15;1-13(2)16-11-15-9-6-10-17(18(15)12-16)14-7-4-3-5-8-14;1-3-2;;;/h4-11H,1-3H3;3-13H,1-2H3;1-2H3;2*1H;/q2*-1;;;;+2/p-2. The second-order valence-corrected chi connectivity index (χ2v) is 20.6. The Balaban J connectivity index is 0.000000250. The Bertz CT molecular complexity index is 1720. The Morgan fingerprint density at radius 2 is 1.21 bits per heavy atom. The molecule has 6 aromatic rings. The zero-order valence-corrected chi connectivity index (χ0v) is 30.7. The van der Waals surface area contributed by atoms with Gasteiger partial charge >= 0.3 is 41.9 Å². The summed E-state index contributed by atoms with van der Waals surface area (Å²) in [4.78, 5) is 0. The van der Waals surface area contributed by atoms with Gasteiger partial charge in [0.25, 0.3) is 0 Å². The summed E-state index contributed by atoms with van der Waals surface area (Å²) in [5.41, 5.74) is 11.0. The van der Waals surface area contributed by atoms with Crippen molar-refractivity contribution in [2.45, 2.75) is 53.6 Å². The van der Waals surface area contributed by atoms with Crippen LogP contribution in [0.25, 0.3) is 43.8 Å². The third kappa shape index (κ3) is 8.90. The quantitative estimate of drug-likeness (QED) is 0.176. The Labute approximate surface area is 280 Å². The maximum Gasteiger partial charge on any atom is -0.0276 e. The molecule has 0 fully saturated rings. The van der Waals surface area contributed by atoms with Crippen molar-refractivity contribution >= 4 is 27.0 Å². The largest absolute Gasteiger partial charge is 1.00 e. The van der Waals surface area contributed by atoms with E-state index in [0.29, 0.717) is 5.92 Å². The monoisotopic (exact) mass is 684 g/mol. The maximum absolute atomic E-state index is 2.34. The van der Waals surface area contributed by atoms with Gasteiger partial charge in [-0.1, -0.05) is 117 Å². The summed E-state index contributed by atoms with van der Waals surface area (Å²) >= 11 is 1.74. The molecule has 6 rings (SSSR count). The molecule has 6 aromatic carbocycles. The van der Waals surface area contributed by atoms with Gasteiger partial charge in [0.2, 0.25) is 0 Å². The van der Waals surface area contributed by atoms with Crippen molar-refractivity contribution in [2.75, 3.05) is 0 Å². The summed E-state index contributed by atoms with van der Waals surface area (Å²) in [5, 5.41) is 5.49. The van der Waals surface area contributed by atoms with E-state index in [1.807, 2.05) is 0 Å². The summed E-state index contributed by atoms with van der Waals surface area (Å²) in [6.07, 6.45) is 0. The van der Waals surface area contributed by atoms with Crippen molar-refractivity contribution in [3.8, 4) is 22.3 Å². The van der Waals surface area contributed by atoms with Crippen molar-refractivity contribution in [2.24, 2.45) is 0 Å². The second-order valence-electron chi connectivity index (χ2n) is 11.2. The van der Waals surface area contributed by atoms with E-state index in [-0.39, 0.29) is 30.2 Å². The first-order valence-corrected chi connectivity index (χ1v) is 20.3. The molecule has 0 spiro atoms. The molecule has 0 radical (unpaired) electrons. The van der Waals surface area contributed by atoms with Crippen LogP contribution in [0.3, 0.4) is 0 Å². The Morgan fingerprint density at radius 3 is 1.79 bits per heavy atom. The first kappa shape index (κ1) is 36.0. The van der Waals surface area contributed by atoms with Crippen LogP contribution < -0.4 is 24.8 Å². The number of hydrogen-bond donors (Lipinski definition) is 0. The molecule has 0 saturated heterocycles. The van der Waals surface area contributed by atoms with Gasteiger partial charge in [-0.25, -0.2) is 0 Å². The first-order valence-electron chi connectivity index (χ1n) is 14.1. The first-order chi connectivity index (χ1) is 19.2. The molecule has 0 unspecified atom stereocenters. The van der Waals surface area contributed by atoms with Crippen molar-refractivity contribution < 1.29 is 48.1 Å². The maximum atomic E-state index is 2.34. The van der Waals surface area contributed by atoms with Crippen LogP contribution in [-0.4, -0.2) is 5.43 Å². The summed E-state index contributed by atoms with van der Waals surface area (Å²) in [6.45, 7) is 15.7. The second kappa shape index (κ2) is 16.6. The fourth-order valence-corrected chi connectivity index (χ4v) is 5.32. The molecule has 216 valence electrons. The SMILES string of the molecule is CC(C)c1cc2c(-c3ccccc3)cccc2[cH-]1.C[Si](C)=[Zr+2].Cc1cc2c(-c3ccccc3)c(C)cc(C)c2[cH-]1.[Cl-].[Cl-]. The number of halogens is 2. The molecule has 0 amide bonds. The topological polar surface area (TPSA) is 0 Å². The van der Waals surface area contributed by atoms with Crippen LogP contribution in [0.5, 0.6) is 0 Å². The normalized spacial score (nSPS) is 10.2. The van der Waals surface area contributed by atoms with E-state index in [4.69, 9.17) is 0 Å².